The van der Waals surface area contributed by atoms with E-state index in [1.165, 1.54) is 22.6 Å². The Bertz CT molecular complexity index is 1850. The van der Waals surface area contributed by atoms with Gasteiger partial charge in [-0.1, -0.05) is 30.3 Å². The minimum atomic E-state index is -0.460. The van der Waals surface area contributed by atoms with Gasteiger partial charge in [0.15, 0.2) is 5.82 Å². The summed E-state index contributed by atoms with van der Waals surface area (Å²) in [4.78, 5) is 52.9. The summed E-state index contributed by atoms with van der Waals surface area (Å²) < 4.78 is 5.42. The lowest BCUT2D eigenvalue weighted by Gasteiger charge is -2.27. The van der Waals surface area contributed by atoms with Crippen LogP contribution in [0.2, 0.25) is 0 Å². The van der Waals surface area contributed by atoms with Gasteiger partial charge in [-0.05, 0) is 54.1 Å². The molecule has 4 heterocycles. The summed E-state index contributed by atoms with van der Waals surface area (Å²) in [5.74, 6) is -0.205. The first-order chi connectivity index (χ1) is 21.5. The molecule has 3 aromatic carbocycles. The van der Waals surface area contributed by atoms with Crippen molar-refractivity contribution in [3.8, 4) is 0 Å². The van der Waals surface area contributed by atoms with Gasteiger partial charge in [0.1, 0.15) is 16.0 Å². The van der Waals surface area contributed by atoms with E-state index in [1.807, 2.05) is 30.3 Å². The molecule has 0 spiro atoms. The molecule has 0 bridgehead atoms. The number of benzene rings is 3. The van der Waals surface area contributed by atoms with Crippen LogP contribution in [0.5, 0.6) is 0 Å². The van der Waals surface area contributed by atoms with Gasteiger partial charge in [-0.2, -0.15) is 0 Å². The van der Waals surface area contributed by atoms with Crippen molar-refractivity contribution in [2.45, 2.75) is 6.54 Å². The number of aromatic nitrogens is 2. The molecule has 7 rings (SSSR count). The molecule has 2 aliphatic rings. The average Bonchev–Trinajstić information content (AvgIpc) is 3.43. The molecular weight excluding hydrogens is 578 g/mol. The van der Waals surface area contributed by atoms with Gasteiger partial charge in [-0.3, -0.25) is 14.5 Å². The molecule has 4 amide bonds. The Morgan fingerprint density at radius 3 is 2.27 bits per heavy atom. The molecule has 3 N–H and O–H groups in total. The number of morpholine rings is 1. The van der Waals surface area contributed by atoms with Crippen molar-refractivity contribution in [2.75, 3.05) is 47.2 Å². The number of nitrogens with one attached hydrogen (secondary N) is 3. The molecule has 0 saturated carbocycles. The maximum atomic E-state index is 13.4. The molecule has 5 aromatic rings. The number of anilines is 5. The normalized spacial score (nSPS) is 14.7. The van der Waals surface area contributed by atoms with Crippen LogP contribution >= 0.6 is 11.3 Å². The molecule has 2 aliphatic heterocycles. The molecule has 0 unspecified atom stereocenters. The number of carbonyl (C=O) groups excluding carboxylic acids is 3. The highest BCUT2D eigenvalue weighted by Crippen LogP contribution is 2.44. The van der Waals surface area contributed by atoms with Gasteiger partial charge in [0.2, 0.25) is 0 Å². The number of thiophene rings is 1. The number of carbonyl (C=O) groups is 3. The topological polar surface area (TPSA) is 129 Å². The van der Waals surface area contributed by atoms with Gasteiger partial charge >= 0.3 is 6.03 Å². The number of nitrogens with zero attached hydrogens (tertiary/aromatic N) is 4. The summed E-state index contributed by atoms with van der Waals surface area (Å²) in [5.41, 5.74) is 3.86. The van der Waals surface area contributed by atoms with Crippen molar-refractivity contribution < 1.29 is 19.1 Å². The lowest BCUT2D eigenvalue weighted by atomic mass is 10.1. The fourth-order valence-electron chi connectivity index (χ4n) is 5.25. The number of hydrogen-bond acceptors (Lipinski definition) is 8. The van der Waals surface area contributed by atoms with E-state index < -0.39 is 6.03 Å². The van der Waals surface area contributed by atoms with Crippen LogP contribution in [-0.2, 0) is 11.3 Å². The first-order valence-electron chi connectivity index (χ1n) is 14.1. The summed E-state index contributed by atoms with van der Waals surface area (Å²) in [6, 6.07) is 23.1. The fraction of sp³-hybridized carbons (Fsp3) is 0.156. The zero-order chi connectivity index (χ0) is 30.0. The van der Waals surface area contributed by atoms with Crippen molar-refractivity contribution in [1.82, 2.24) is 14.9 Å². The van der Waals surface area contributed by atoms with Gasteiger partial charge in [-0.15, -0.1) is 11.3 Å². The highest BCUT2D eigenvalue weighted by Gasteiger charge is 2.34. The van der Waals surface area contributed by atoms with Gasteiger partial charge in [-0.25, -0.2) is 19.7 Å². The highest BCUT2D eigenvalue weighted by atomic mass is 32.1. The fourth-order valence-corrected chi connectivity index (χ4v) is 6.24. The van der Waals surface area contributed by atoms with Crippen molar-refractivity contribution in [3.05, 3.63) is 101 Å². The third-order valence-electron chi connectivity index (χ3n) is 7.46. The van der Waals surface area contributed by atoms with Crippen LogP contribution in [-0.4, -0.2) is 59.0 Å². The Labute approximate surface area is 256 Å². The molecule has 11 nitrogen and oxygen atoms in total. The smallest absolute Gasteiger partial charge is 0.332 e. The Hall–Kier alpha value is -5.17. The highest BCUT2D eigenvalue weighted by molar-refractivity contribution is 7.21. The van der Waals surface area contributed by atoms with Gasteiger partial charge in [0.05, 0.1) is 30.0 Å². The molecule has 0 atom stereocenters. The molecule has 0 radical (unpaired) electrons. The number of hydrogen-bond donors (Lipinski definition) is 3. The van der Waals surface area contributed by atoms with Gasteiger partial charge in [0, 0.05) is 36.6 Å². The maximum Gasteiger partial charge on any atom is 0.332 e. The first kappa shape index (κ1) is 27.7. The third-order valence-corrected chi connectivity index (χ3v) is 8.56. The van der Waals surface area contributed by atoms with E-state index in [4.69, 9.17) is 4.74 Å². The summed E-state index contributed by atoms with van der Waals surface area (Å²) in [7, 11) is 0. The molecule has 1 fully saturated rings. The minimum Gasteiger partial charge on any atom is -0.379 e. The zero-order valence-electron chi connectivity index (χ0n) is 23.4. The Kier molecular flexibility index (Phi) is 7.44. The van der Waals surface area contributed by atoms with Crippen molar-refractivity contribution in [3.63, 3.8) is 0 Å². The second-order valence-corrected chi connectivity index (χ2v) is 11.4. The van der Waals surface area contributed by atoms with E-state index in [0.29, 0.717) is 49.2 Å². The van der Waals surface area contributed by atoms with E-state index in [2.05, 4.69) is 30.8 Å². The monoisotopic (exact) mass is 605 g/mol. The largest absolute Gasteiger partial charge is 0.379 e. The second-order valence-electron chi connectivity index (χ2n) is 10.4. The van der Waals surface area contributed by atoms with Crippen molar-refractivity contribution in [1.29, 1.82) is 0 Å². The minimum absolute atomic E-state index is 0.232. The summed E-state index contributed by atoms with van der Waals surface area (Å²) >= 11 is 1.19. The number of rotatable bonds is 7. The molecule has 1 saturated heterocycles. The van der Waals surface area contributed by atoms with Crippen LogP contribution in [0.15, 0.2) is 85.2 Å². The molecule has 44 heavy (non-hydrogen) atoms. The van der Waals surface area contributed by atoms with Crippen LogP contribution < -0.4 is 20.9 Å². The average molecular weight is 606 g/mol. The maximum absolute atomic E-state index is 13.4. The van der Waals surface area contributed by atoms with E-state index in [0.717, 1.165) is 38.4 Å². The third kappa shape index (κ3) is 5.49. The molecule has 220 valence electrons. The van der Waals surface area contributed by atoms with Crippen LogP contribution in [0.25, 0.3) is 10.2 Å². The predicted octanol–water partition coefficient (Wildman–Crippen LogP) is 5.71. The van der Waals surface area contributed by atoms with Gasteiger partial charge < -0.3 is 20.7 Å². The van der Waals surface area contributed by atoms with Crippen LogP contribution in [0.3, 0.4) is 0 Å². The lowest BCUT2D eigenvalue weighted by molar-refractivity contribution is 0.0342. The Balaban J connectivity index is 1.10. The summed E-state index contributed by atoms with van der Waals surface area (Å²) in [5, 5.41) is 9.28. The molecule has 12 heteroatoms. The zero-order valence-corrected chi connectivity index (χ0v) is 24.3. The van der Waals surface area contributed by atoms with E-state index in [9.17, 15) is 14.4 Å². The Morgan fingerprint density at radius 2 is 1.55 bits per heavy atom. The second kappa shape index (κ2) is 11.8. The van der Waals surface area contributed by atoms with E-state index >= 15 is 0 Å². The molecule has 0 aliphatic carbocycles. The number of amides is 4. The SMILES string of the molecule is O=C(Nc1ccc(N2C(=O)Nc3c(C(=O)Nc4ccc(CN5CCOCC5)cc4)sc4ncnc2c34)cc1)c1ccccc1. The predicted molar refractivity (Wildman–Crippen MR) is 170 cm³/mol. The molecule has 2 aromatic heterocycles. The van der Waals surface area contributed by atoms with Crippen molar-refractivity contribution >= 4 is 68.0 Å². The van der Waals surface area contributed by atoms with E-state index in [1.54, 1.807) is 48.5 Å². The van der Waals surface area contributed by atoms with Crippen molar-refractivity contribution in [2.24, 2.45) is 0 Å². The Morgan fingerprint density at radius 1 is 0.864 bits per heavy atom. The lowest BCUT2D eigenvalue weighted by Crippen LogP contribution is -2.35. The summed E-state index contributed by atoms with van der Waals surface area (Å²) in [6.45, 7) is 4.12. The van der Waals surface area contributed by atoms with Crippen LogP contribution in [0.4, 0.5) is 33.4 Å². The van der Waals surface area contributed by atoms with Gasteiger partial charge in [0.25, 0.3) is 11.8 Å². The quantitative estimate of drug-likeness (QED) is 0.217. The van der Waals surface area contributed by atoms with Crippen LogP contribution in [0.1, 0.15) is 25.6 Å². The first-order valence-corrected chi connectivity index (χ1v) is 14.9. The van der Waals surface area contributed by atoms with Crippen LogP contribution in [0, 0.1) is 0 Å². The summed E-state index contributed by atoms with van der Waals surface area (Å²) in [6.07, 6.45) is 1.38. The standard InChI is InChI=1S/C32H27N7O4S/c40-29(21-4-2-1-3-5-21)35-23-10-12-24(13-11-23)39-28-25-26(37-32(39)42)27(44-31(25)34-19-33-28)30(41)36-22-8-6-20(7-9-22)18-38-14-16-43-17-15-38/h1-13,19H,14-18H2,(H,35,40)(H,36,41)(H,37,42). The number of urea groups is 1. The van der Waals surface area contributed by atoms with E-state index in [-0.39, 0.29) is 11.8 Å². The number of ether oxygens (including phenoxy) is 1. The molecular formula is C32H27N7O4S.